The third kappa shape index (κ3) is 16.7. The second kappa shape index (κ2) is 31.5. The molecule has 8 unspecified atom stereocenters. The smallest absolute Gasteiger partial charge is 0.354 e. The van der Waals surface area contributed by atoms with Gasteiger partial charge in [-0.3, -0.25) is 13.6 Å². The van der Waals surface area contributed by atoms with Crippen LogP contribution in [0.2, 0.25) is 0 Å². The number of thiazole rings is 2. The van der Waals surface area contributed by atoms with Gasteiger partial charge in [0.15, 0.2) is 27.0 Å². The molecule has 4 aromatic heterocycles. The summed E-state index contributed by atoms with van der Waals surface area (Å²) in [5.41, 5.74) is 15.0. The Balaban J connectivity index is 0.000000123. The Labute approximate surface area is 567 Å². The maximum atomic E-state index is 13.6. The molecule has 0 radical (unpaired) electrons. The van der Waals surface area contributed by atoms with Crippen LogP contribution in [0, 0.1) is 80.2 Å². The number of carboxylic acids is 1. The van der Waals surface area contributed by atoms with Crippen LogP contribution in [-0.2, 0) is 25.9 Å². The van der Waals surface area contributed by atoms with E-state index in [1.54, 1.807) is 15.7 Å². The van der Waals surface area contributed by atoms with Gasteiger partial charge in [-0.25, -0.2) is 46.4 Å². The Bertz CT molecular complexity index is 3940. The van der Waals surface area contributed by atoms with Gasteiger partial charge >= 0.3 is 5.97 Å². The summed E-state index contributed by atoms with van der Waals surface area (Å²) in [6.07, 6.45) is 9.04. The molecule has 16 rings (SSSR count). The fraction of sp³-hybridized carbons (Fsp3) is 0.486. The number of hydrogen-bond acceptors (Lipinski definition) is 11. The molecule has 8 aromatic rings. The van der Waals surface area contributed by atoms with Gasteiger partial charge in [0.05, 0.1) is 24.5 Å². The van der Waals surface area contributed by atoms with Gasteiger partial charge in [-0.05, 0) is 198 Å². The largest absolute Gasteiger partial charge is 0.477 e. The van der Waals surface area contributed by atoms with E-state index in [0.29, 0.717) is 95.3 Å². The van der Waals surface area contributed by atoms with E-state index in [1.807, 2.05) is 68.8 Å². The molecule has 508 valence electrons. The standard InChI is InChI=1S/C23H27FN4OS.C14H15FN2.C14H19FN2.C9H10N2O2S.C7H12FN.C7H4FN/c1-3-20-21(28-11-14(2)30-23(28)26-20)22(29)25-10-15-4-6-19(7-5-15)27-12-16-8-18(24)9-17(16)13-27;1-16-13-2-4-14(5-3-13)17-8-10-6-12(15)7-11(10)9-17;15-13-5-11-8-17(9-12(11)6-13)14-3-1-10(7-16)2-4-14;1-3-6-7(8(12)13)11-4-5(2)14-9(11)10-6;8-7-1-5-3-9-4-6(5)2-7;1-9-7-4-2-6(8)3-5-7/h4-7,11,16-18H,3,8-10,12-13H2,1-2H3,(H,25,29);2-5,10-12H,6-9H2;1-4,11-13H,5-9,16H2;4H,3H2,1-2H3,(H,12,13);5-7,9H,1-4H2;2-5H. The molecule has 1 amide bonds. The summed E-state index contributed by atoms with van der Waals surface area (Å²) in [7, 11) is 0. The van der Waals surface area contributed by atoms with Gasteiger partial charge in [-0.1, -0.05) is 62.4 Å². The lowest BCUT2D eigenvalue weighted by Gasteiger charge is -2.20. The number of aryl methyl sites for hydroxylation is 4. The zero-order valence-corrected chi connectivity index (χ0v) is 56.7. The zero-order chi connectivity index (χ0) is 67.7. The summed E-state index contributed by atoms with van der Waals surface area (Å²) in [5, 5.41) is 15.4. The molecule has 4 aliphatic carbocycles. The first-order valence-electron chi connectivity index (χ1n) is 33.8. The first kappa shape index (κ1) is 69.5. The highest BCUT2D eigenvalue weighted by Crippen LogP contribution is 2.44. The molecule has 22 heteroatoms. The highest BCUT2D eigenvalue weighted by atomic mass is 32.1. The van der Waals surface area contributed by atoms with E-state index in [0.717, 1.165) is 147 Å². The molecule has 0 spiro atoms. The third-order valence-electron chi connectivity index (χ3n) is 20.4. The fourth-order valence-corrected chi connectivity index (χ4v) is 17.2. The van der Waals surface area contributed by atoms with Gasteiger partial charge in [-0.15, -0.1) is 22.7 Å². The SMILES string of the molecule is CCc1nc2sc(C)cn2c1C(=O)NCc1ccc(N2CC3CC(F)CC3C2)cc1.CCc1nc2sc(C)cn2c1C(=O)O.FC1CC2CNCC2C1.NCc1ccc(N2CC3CC(F)CC3C2)cc1.[C-]#[N+]c1ccc(F)cc1.[C-]#[N+]c1ccc(N2CC3CC(F)CC3C2)cc1. The van der Waals surface area contributed by atoms with Crippen LogP contribution in [0.4, 0.5) is 50.4 Å². The van der Waals surface area contributed by atoms with Gasteiger partial charge in [-0.2, -0.15) is 0 Å². The van der Waals surface area contributed by atoms with Crippen LogP contribution in [-0.4, -0.2) is 113 Å². The Hall–Kier alpha value is -7.89. The lowest BCUT2D eigenvalue weighted by Crippen LogP contribution is -2.25. The number of alkyl halides is 4. The van der Waals surface area contributed by atoms with Crippen molar-refractivity contribution in [2.45, 2.75) is 130 Å². The molecule has 4 aliphatic heterocycles. The number of nitrogens with zero attached hydrogens (tertiary/aromatic N) is 9. The molecular weight excluding hydrogens is 1260 g/mol. The summed E-state index contributed by atoms with van der Waals surface area (Å²) in [5.74, 6) is 3.23. The van der Waals surface area contributed by atoms with Crippen LogP contribution in [0.3, 0.4) is 0 Å². The summed E-state index contributed by atoms with van der Waals surface area (Å²) in [6.45, 7) is 30.4. The topological polar surface area (TPSA) is 157 Å². The number of nitrogens with one attached hydrogen (secondary N) is 2. The van der Waals surface area contributed by atoms with Crippen molar-refractivity contribution in [3.8, 4) is 0 Å². The number of hydrogen-bond donors (Lipinski definition) is 4. The van der Waals surface area contributed by atoms with Crippen LogP contribution >= 0.6 is 22.7 Å². The summed E-state index contributed by atoms with van der Waals surface area (Å²) in [6, 6.07) is 30.0. The monoisotopic (exact) mass is 1350 g/mol. The minimum atomic E-state index is -0.910. The van der Waals surface area contributed by atoms with Crippen LogP contribution in [0.15, 0.2) is 109 Å². The lowest BCUT2D eigenvalue weighted by atomic mass is 10.0. The van der Waals surface area contributed by atoms with E-state index >= 15 is 0 Å². The van der Waals surface area contributed by atoms with E-state index in [1.165, 1.54) is 52.7 Å². The van der Waals surface area contributed by atoms with Gasteiger partial charge < -0.3 is 36.2 Å². The second-order valence-electron chi connectivity index (χ2n) is 27.0. The van der Waals surface area contributed by atoms with Crippen molar-refractivity contribution in [2.75, 3.05) is 67.1 Å². The van der Waals surface area contributed by atoms with Crippen molar-refractivity contribution in [2.24, 2.45) is 53.1 Å². The maximum absolute atomic E-state index is 13.6. The molecule has 8 atom stereocenters. The third-order valence-corrected chi connectivity index (χ3v) is 22.2. The molecule has 4 saturated heterocycles. The number of halogens is 5. The molecule has 8 fully saturated rings. The number of nitrogens with two attached hydrogens (primary N) is 1. The fourth-order valence-electron chi connectivity index (χ4n) is 15.6. The van der Waals surface area contributed by atoms with Crippen molar-refractivity contribution in [3.05, 3.63) is 182 Å². The number of imidazole rings is 2. The number of carbonyl (C=O) groups is 2. The number of carboxylic acid groups (broad SMARTS) is 1. The normalized spacial score (nSPS) is 25.5. The van der Waals surface area contributed by atoms with E-state index in [2.05, 4.69) is 93.5 Å². The summed E-state index contributed by atoms with van der Waals surface area (Å²) < 4.78 is 68.3. The van der Waals surface area contributed by atoms with E-state index in [9.17, 15) is 31.5 Å². The van der Waals surface area contributed by atoms with Gasteiger partial charge in [0.2, 0.25) is 0 Å². The quantitative estimate of drug-likeness (QED) is 0.0767. The molecule has 4 aromatic carbocycles. The molecule has 4 saturated carbocycles. The highest BCUT2D eigenvalue weighted by molar-refractivity contribution is 7.17. The predicted octanol–water partition coefficient (Wildman–Crippen LogP) is 15.4. The second-order valence-corrected chi connectivity index (χ2v) is 29.4. The van der Waals surface area contributed by atoms with Crippen LogP contribution in [0.5, 0.6) is 0 Å². The van der Waals surface area contributed by atoms with Crippen molar-refractivity contribution in [1.82, 2.24) is 29.4 Å². The van der Waals surface area contributed by atoms with Gasteiger partial charge in [0.1, 0.15) is 36.2 Å². The predicted molar refractivity (Wildman–Crippen MR) is 373 cm³/mol. The minimum absolute atomic E-state index is 0.0885. The van der Waals surface area contributed by atoms with Crippen LogP contribution < -0.4 is 31.1 Å². The van der Waals surface area contributed by atoms with E-state index in [4.69, 9.17) is 24.0 Å². The highest BCUT2D eigenvalue weighted by Gasteiger charge is 2.44. The Kier molecular flexibility index (Phi) is 22.8. The van der Waals surface area contributed by atoms with Crippen LogP contribution in [0.25, 0.3) is 19.6 Å². The Morgan fingerprint density at radius 1 is 0.552 bits per heavy atom. The summed E-state index contributed by atoms with van der Waals surface area (Å²) in [4.78, 5) is 50.2. The minimum Gasteiger partial charge on any atom is -0.477 e. The molecule has 0 bridgehead atoms. The number of rotatable bonds is 10. The van der Waals surface area contributed by atoms with E-state index in [-0.39, 0.29) is 11.7 Å². The average Bonchev–Trinajstić information content (AvgIpc) is 1.60. The lowest BCUT2D eigenvalue weighted by molar-refractivity contribution is 0.0687. The number of anilines is 3. The van der Waals surface area contributed by atoms with Crippen molar-refractivity contribution < 1.29 is 36.6 Å². The van der Waals surface area contributed by atoms with Gasteiger partial charge in [0, 0.05) is 91.6 Å². The Morgan fingerprint density at radius 3 is 1.26 bits per heavy atom. The molecular formula is C74H87F5N12O3S2. The molecule has 8 aliphatic rings. The van der Waals surface area contributed by atoms with Crippen LogP contribution in [0.1, 0.15) is 118 Å². The number of fused-ring (bicyclic) bond motifs is 6. The molecule has 5 N–H and O–H groups in total. The van der Waals surface area contributed by atoms with Gasteiger partial charge in [0.25, 0.3) is 5.91 Å². The number of aromatic carboxylic acids is 1. The number of aromatic nitrogens is 4. The zero-order valence-electron chi connectivity index (χ0n) is 55.0. The Morgan fingerprint density at radius 2 is 0.896 bits per heavy atom. The maximum Gasteiger partial charge on any atom is 0.354 e. The first-order chi connectivity index (χ1) is 46.3. The van der Waals surface area contributed by atoms with Crippen molar-refractivity contribution in [3.63, 3.8) is 0 Å². The number of amides is 1. The average molecular weight is 1350 g/mol. The van der Waals surface area contributed by atoms with E-state index < -0.39 is 30.7 Å². The molecule has 8 heterocycles. The van der Waals surface area contributed by atoms with Crippen molar-refractivity contribution in [1.29, 1.82) is 0 Å². The van der Waals surface area contributed by atoms with Crippen molar-refractivity contribution >= 4 is 72.9 Å². The number of benzene rings is 4. The first-order valence-corrected chi connectivity index (χ1v) is 35.5. The molecule has 15 nitrogen and oxygen atoms in total. The summed E-state index contributed by atoms with van der Waals surface area (Å²) >= 11 is 3.11. The number of carbonyl (C=O) groups excluding carboxylic acids is 1. The molecule has 96 heavy (non-hydrogen) atoms.